The van der Waals surface area contributed by atoms with Crippen LogP contribution in [-0.4, -0.2) is 39.6 Å². The van der Waals surface area contributed by atoms with E-state index in [0.29, 0.717) is 48.0 Å². The second-order valence-electron chi connectivity index (χ2n) is 13.2. The summed E-state index contributed by atoms with van der Waals surface area (Å²) in [6.45, 7) is 2.44. The lowest BCUT2D eigenvalue weighted by Crippen LogP contribution is -2.22. The molecular formula is C39H33F2N5O3S. The lowest BCUT2D eigenvalue weighted by atomic mass is 9.93. The van der Waals surface area contributed by atoms with E-state index >= 15 is 0 Å². The normalized spacial score (nSPS) is 17.8. The second-order valence-corrected chi connectivity index (χ2v) is 14.2. The maximum absolute atomic E-state index is 14.5. The molecule has 1 unspecified atom stereocenters. The summed E-state index contributed by atoms with van der Waals surface area (Å²) >= 11 is 1.61. The van der Waals surface area contributed by atoms with Crippen molar-refractivity contribution in [3.05, 3.63) is 112 Å². The van der Waals surface area contributed by atoms with Crippen molar-refractivity contribution in [3.63, 3.8) is 0 Å². The summed E-state index contributed by atoms with van der Waals surface area (Å²) < 4.78 is 40.8. The molecule has 2 aliphatic heterocycles. The van der Waals surface area contributed by atoms with Crippen molar-refractivity contribution in [2.24, 2.45) is 0 Å². The summed E-state index contributed by atoms with van der Waals surface area (Å²) in [5, 5.41) is 13.4. The van der Waals surface area contributed by atoms with E-state index in [1.807, 2.05) is 17.0 Å². The standard InChI is InChI=1S/C39H33F2N5O3S/c1-20-44-45-38(49-20)32-28(16-10-21-8-11-23(40)12-9-21)43-35-30-7-4-18-46(30)39(47)34(35)33(32)31-19-22-5-3-6-29(37(22)50-31)42-27-17-14-25-24(27)13-15-26(41)36(25)48-2/h3,5-6,8-9,11-13,15,19,27,30,42H,4,7,10,14,16-18H2,1-2H3/t27?,30-/m0/s1. The molecule has 50 heavy (non-hydrogen) atoms. The Kier molecular flexibility index (Phi) is 7.42. The number of rotatable bonds is 8. The van der Waals surface area contributed by atoms with Crippen LogP contribution in [0.1, 0.15) is 75.7 Å². The molecule has 3 aromatic heterocycles. The zero-order valence-electron chi connectivity index (χ0n) is 27.6. The van der Waals surface area contributed by atoms with Crippen LogP contribution < -0.4 is 10.1 Å². The smallest absolute Gasteiger partial charge is 0.257 e. The van der Waals surface area contributed by atoms with Gasteiger partial charge < -0.3 is 19.4 Å². The maximum Gasteiger partial charge on any atom is 0.257 e. The van der Waals surface area contributed by atoms with Crippen LogP contribution in [-0.2, 0) is 19.3 Å². The van der Waals surface area contributed by atoms with E-state index in [9.17, 15) is 13.6 Å². The number of halogens is 2. The fraction of sp³-hybridized carbons (Fsp3) is 0.282. The Hall–Kier alpha value is -5.16. The van der Waals surface area contributed by atoms with Crippen LogP contribution in [0.2, 0.25) is 0 Å². The molecule has 1 fully saturated rings. The molecular weight excluding hydrogens is 657 g/mol. The highest BCUT2D eigenvalue weighted by molar-refractivity contribution is 7.23. The number of fused-ring (bicyclic) bond motifs is 5. The van der Waals surface area contributed by atoms with Gasteiger partial charge in [-0.3, -0.25) is 9.78 Å². The van der Waals surface area contributed by atoms with Crippen LogP contribution in [0.15, 0.2) is 65.1 Å². The first kappa shape index (κ1) is 30.9. The third-order valence-electron chi connectivity index (χ3n) is 10.3. The number of amides is 1. The number of methoxy groups -OCH3 is 1. The molecule has 9 rings (SSSR count). The Morgan fingerprint density at radius 2 is 1.88 bits per heavy atom. The third-order valence-corrected chi connectivity index (χ3v) is 11.5. The molecule has 1 saturated heterocycles. The monoisotopic (exact) mass is 689 g/mol. The zero-order chi connectivity index (χ0) is 34.1. The minimum absolute atomic E-state index is 0.00966. The Morgan fingerprint density at radius 1 is 1.02 bits per heavy atom. The van der Waals surface area contributed by atoms with E-state index < -0.39 is 0 Å². The summed E-state index contributed by atoms with van der Waals surface area (Å²) in [5.74, 6) is 0.408. The highest BCUT2D eigenvalue weighted by atomic mass is 32.1. The van der Waals surface area contributed by atoms with Crippen LogP contribution in [0.4, 0.5) is 14.5 Å². The van der Waals surface area contributed by atoms with Crippen molar-refractivity contribution >= 4 is 33.0 Å². The fourth-order valence-electron chi connectivity index (χ4n) is 8.02. The predicted molar refractivity (Wildman–Crippen MR) is 188 cm³/mol. The SMILES string of the molecule is COc1c(F)ccc2c1CCC2Nc1cccc2cc(-c3c4c(nc(CCc5ccc(F)cc5)c3-c3nnc(C)o3)[C@@H]3CCCN3C4=O)sc12. The quantitative estimate of drug-likeness (QED) is 0.171. The zero-order valence-corrected chi connectivity index (χ0v) is 28.4. The minimum Gasteiger partial charge on any atom is -0.493 e. The number of anilines is 1. The number of aromatic nitrogens is 3. The van der Waals surface area contributed by atoms with Gasteiger partial charge in [0.25, 0.3) is 5.91 Å². The summed E-state index contributed by atoms with van der Waals surface area (Å²) in [6, 6.07) is 18.1. The van der Waals surface area contributed by atoms with Gasteiger partial charge in [0.2, 0.25) is 11.8 Å². The molecule has 5 heterocycles. The Labute approximate surface area is 291 Å². The van der Waals surface area contributed by atoms with E-state index in [1.165, 1.54) is 25.3 Å². The first-order valence-corrected chi connectivity index (χ1v) is 17.8. The van der Waals surface area contributed by atoms with Gasteiger partial charge in [-0.05, 0) is 85.4 Å². The number of carbonyl (C=O) groups is 1. The molecule has 2 atom stereocenters. The van der Waals surface area contributed by atoms with Crippen molar-refractivity contribution in [1.82, 2.24) is 20.1 Å². The molecule has 3 aromatic carbocycles. The van der Waals surface area contributed by atoms with Crippen molar-refractivity contribution in [3.8, 4) is 27.6 Å². The van der Waals surface area contributed by atoms with Gasteiger partial charge in [-0.15, -0.1) is 21.5 Å². The van der Waals surface area contributed by atoms with Crippen LogP contribution in [0, 0.1) is 18.6 Å². The fourth-order valence-corrected chi connectivity index (χ4v) is 9.21. The molecule has 11 heteroatoms. The molecule has 1 N–H and O–H groups in total. The molecule has 8 nitrogen and oxygen atoms in total. The molecule has 0 bridgehead atoms. The molecule has 3 aliphatic rings. The Morgan fingerprint density at radius 3 is 2.68 bits per heavy atom. The summed E-state index contributed by atoms with van der Waals surface area (Å²) in [5.41, 5.74) is 7.50. The molecule has 252 valence electrons. The molecule has 0 radical (unpaired) electrons. The van der Waals surface area contributed by atoms with Crippen LogP contribution >= 0.6 is 11.3 Å². The predicted octanol–water partition coefficient (Wildman–Crippen LogP) is 8.78. The van der Waals surface area contributed by atoms with Crippen LogP contribution in [0.25, 0.3) is 32.0 Å². The molecule has 6 aromatic rings. The second kappa shape index (κ2) is 12.0. The van der Waals surface area contributed by atoms with E-state index in [4.69, 9.17) is 14.1 Å². The lowest BCUT2D eigenvalue weighted by Gasteiger charge is -2.17. The van der Waals surface area contributed by atoms with Gasteiger partial charge in [-0.1, -0.05) is 30.3 Å². The molecule has 1 amide bonds. The number of hydrogen-bond acceptors (Lipinski definition) is 8. The van der Waals surface area contributed by atoms with E-state index in [1.54, 1.807) is 30.4 Å². The first-order valence-electron chi connectivity index (χ1n) is 17.0. The topological polar surface area (TPSA) is 93.4 Å². The van der Waals surface area contributed by atoms with Gasteiger partial charge in [0, 0.05) is 29.5 Å². The van der Waals surface area contributed by atoms with Crippen LogP contribution in [0.5, 0.6) is 5.75 Å². The average molecular weight is 690 g/mol. The van der Waals surface area contributed by atoms with Gasteiger partial charge >= 0.3 is 0 Å². The number of nitrogens with zero attached hydrogens (tertiary/aromatic N) is 4. The van der Waals surface area contributed by atoms with Gasteiger partial charge in [-0.2, -0.15) is 0 Å². The number of pyridine rings is 1. The number of nitrogens with one attached hydrogen (secondary N) is 1. The van der Waals surface area contributed by atoms with Gasteiger partial charge in [-0.25, -0.2) is 8.78 Å². The largest absolute Gasteiger partial charge is 0.493 e. The number of hydrogen-bond donors (Lipinski definition) is 1. The average Bonchev–Trinajstić information content (AvgIpc) is 3.96. The summed E-state index contributed by atoms with van der Waals surface area (Å²) in [6.07, 6.45) is 4.47. The van der Waals surface area contributed by atoms with Gasteiger partial charge in [0.05, 0.1) is 52.1 Å². The van der Waals surface area contributed by atoms with Gasteiger partial charge in [0.1, 0.15) is 5.82 Å². The summed E-state index contributed by atoms with van der Waals surface area (Å²) in [4.78, 5) is 22.3. The van der Waals surface area contributed by atoms with E-state index in [2.05, 4.69) is 33.7 Å². The van der Waals surface area contributed by atoms with E-state index in [0.717, 1.165) is 80.0 Å². The molecule has 0 saturated carbocycles. The number of thiophene rings is 1. The minimum atomic E-state index is -0.346. The maximum atomic E-state index is 14.5. The van der Waals surface area contributed by atoms with Crippen molar-refractivity contribution in [2.45, 2.75) is 57.5 Å². The lowest BCUT2D eigenvalue weighted by molar-refractivity contribution is 0.0776. The number of carbonyl (C=O) groups excluding carboxylic acids is 1. The third kappa shape index (κ3) is 4.97. The first-order chi connectivity index (χ1) is 24.4. The van der Waals surface area contributed by atoms with Crippen molar-refractivity contribution in [2.75, 3.05) is 19.0 Å². The number of ether oxygens (including phenoxy) is 1. The van der Waals surface area contributed by atoms with E-state index in [-0.39, 0.29) is 29.6 Å². The highest BCUT2D eigenvalue weighted by Gasteiger charge is 2.45. The van der Waals surface area contributed by atoms with Gasteiger partial charge in [0.15, 0.2) is 11.6 Å². The van der Waals surface area contributed by atoms with Crippen LogP contribution in [0.3, 0.4) is 0 Å². The number of aryl methyl sites for hydroxylation is 3. The Bertz CT molecular complexity index is 2320. The number of benzene rings is 3. The van der Waals surface area contributed by atoms with Crippen molar-refractivity contribution in [1.29, 1.82) is 0 Å². The molecule has 1 aliphatic carbocycles. The molecule has 0 spiro atoms. The highest BCUT2D eigenvalue weighted by Crippen LogP contribution is 2.51. The Balaban J connectivity index is 1.20. The van der Waals surface area contributed by atoms with Crippen molar-refractivity contribution < 1.29 is 22.7 Å². The summed E-state index contributed by atoms with van der Waals surface area (Å²) in [7, 11) is 1.51.